The Kier molecular flexibility index (Phi) is 5.36. The largest absolute Gasteiger partial charge is 0.338 e. The Hall–Kier alpha value is -2.40. The molecule has 4 rings (SSSR count). The number of aromatic nitrogens is 1. The highest BCUT2D eigenvalue weighted by atomic mass is 16.2. The Bertz CT molecular complexity index is 869. The molecule has 2 aliphatic heterocycles. The van der Waals surface area contributed by atoms with Crippen molar-refractivity contribution in [2.75, 3.05) is 32.7 Å². The van der Waals surface area contributed by atoms with Crippen LogP contribution < -0.4 is 5.56 Å². The van der Waals surface area contributed by atoms with E-state index in [4.69, 9.17) is 0 Å². The average molecular weight is 380 g/mol. The molecule has 148 valence electrons. The maximum atomic E-state index is 12.8. The second-order valence-electron chi connectivity index (χ2n) is 8.34. The molecule has 3 heterocycles. The van der Waals surface area contributed by atoms with Gasteiger partial charge in [0.1, 0.15) is 5.56 Å². The molecule has 1 amide bonds. The number of amides is 1. The summed E-state index contributed by atoms with van der Waals surface area (Å²) >= 11 is 0. The van der Waals surface area contributed by atoms with E-state index < -0.39 is 0 Å². The van der Waals surface area contributed by atoms with Gasteiger partial charge in [0.2, 0.25) is 0 Å². The monoisotopic (exact) mass is 379 g/mol. The van der Waals surface area contributed by atoms with Crippen LogP contribution in [0.4, 0.5) is 0 Å². The lowest BCUT2D eigenvalue weighted by Gasteiger charge is -2.50. The number of rotatable bonds is 3. The van der Waals surface area contributed by atoms with Crippen LogP contribution in [-0.2, 0) is 0 Å². The number of H-pyrrole nitrogens is 1. The third-order valence-corrected chi connectivity index (χ3v) is 6.60. The lowest BCUT2D eigenvalue weighted by molar-refractivity contribution is 0.0157. The summed E-state index contributed by atoms with van der Waals surface area (Å²) in [4.78, 5) is 31.8. The molecule has 1 N–H and O–H groups in total. The first kappa shape index (κ1) is 18.9. The lowest BCUT2D eigenvalue weighted by Crippen LogP contribution is -2.52. The third kappa shape index (κ3) is 3.76. The lowest BCUT2D eigenvalue weighted by atomic mass is 9.68. The molecule has 1 spiro atoms. The summed E-state index contributed by atoms with van der Waals surface area (Å²) in [5.41, 5.74) is 1.63. The topological polar surface area (TPSA) is 56.4 Å². The van der Waals surface area contributed by atoms with Gasteiger partial charge >= 0.3 is 0 Å². The van der Waals surface area contributed by atoms with Crippen LogP contribution in [0.3, 0.4) is 0 Å². The van der Waals surface area contributed by atoms with Crippen LogP contribution in [0.15, 0.2) is 53.5 Å². The van der Waals surface area contributed by atoms with Gasteiger partial charge in [0.15, 0.2) is 0 Å². The number of aromatic amines is 1. The number of carbonyl (C=O) groups excluding carboxylic acids is 1. The summed E-state index contributed by atoms with van der Waals surface area (Å²) in [6, 6.07) is 14.2. The van der Waals surface area contributed by atoms with E-state index >= 15 is 0 Å². The van der Waals surface area contributed by atoms with Crippen molar-refractivity contribution < 1.29 is 4.79 Å². The van der Waals surface area contributed by atoms with E-state index in [0.29, 0.717) is 5.92 Å². The normalized spacial score (nSPS) is 22.3. The molecule has 2 aliphatic rings. The summed E-state index contributed by atoms with van der Waals surface area (Å²) in [6.45, 7) is 6.98. The van der Waals surface area contributed by atoms with Crippen molar-refractivity contribution in [3.05, 3.63) is 70.1 Å². The van der Waals surface area contributed by atoms with Crippen LogP contribution in [0.5, 0.6) is 0 Å². The number of likely N-dealkylation sites (N-methyl/N-ethyl adjacent to an activating group) is 1. The molecular weight excluding hydrogens is 350 g/mol. The molecule has 5 nitrogen and oxygen atoms in total. The Balaban J connectivity index is 1.48. The fourth-order valence-electron chi connectivity index (χ4n) is 5.00. The molecule has 1 aromatic carbocycles. The van der Waals surface area contributed by atoms with Gasteiger partial charge in [-0.05, 0) is 54.8 Å². The van der Waals surface area contributed by atoms with Gasteiger partial charge < -0.3 is 14.8 Å². The molecule has 2 aromatic rings. The number of pyridine rings is 1. The zero-order valence-electron chi connectivity index (χ0n) is 16.6. The number of hydrogen-bond donors (Lipinski definition) is 1. The second kappa shape index (κ2) is 7.92. The van der Waals surface area contributed by atoms with Gasteiger partial charge in [-0.1, -0.05) is 37.3 Å². The average Bonchev–Trinajstić information content (AvgIpc) is 2.74. The van der Waals surface area contributed by atoms with Crippen molar-refractivity contribution >= 4 is 5.91 Å². The van der Waals surface area contributed by atoms with Crippen LogP contribution in [0, 0.1) is 5.41 Å². The molecule has 28 heavy (non-hydrogen) atoms. The van der Waals surface area contributed by atoms with Gasteiger partial charge in [-0.25, -0.2) is 0 Å². The van der Waals surface area contributed by atoms with E-state index in [9.17, 15) is 9.59 Å². The molecule has 1 atom stereocenters. The molecule has 5 heteroatoms. The van der Waals surface area contributed by atoms with E-state index in [1.54, 1.807) is 18.3 Å². The molecule has 0 bridgehead atoms. The zero-order valence-corrected chi connectivity index (χ0v) is 16.6. The minimum Gasteiger partial charge on any atom is -0.338 e. The van der Waals surface area contributed by atoms with E-state index in [0.717, 1.165) is 45.6 Å². The fourth-order valence-corrected chi connectivity index (χ4v) is 5.00. The van der Waals surface area contributed by atoms with Crippen LogP contribution in [0.1, 0.15) is 48.0 Å². The predicted molar refractivity (Wildman–Crippen MR) is 111 cm³/mol. The standard InChI is InChI=1S/C23H29N3O2/c1-2-25-16-19(18-7-4-3-5-8-18)15-23(17-25)10-13-26(14-11-23)22(28)20-9-6-12-24-21(20)27/h3-9,12,19H,2,10-11,13-17H2,1H3,(H,24,27)/t19-/m0/s1. The van der Waals surface area contributed by atoms with Crippen LogP contribution in [-0.4, -0.2) is 53.4 Å². The van der Waals surface area contributed by atoms with E-state index in [1.807, 2.05) is 4.90 Å². The zero-order chi connectivity index (χ0) is 19.6. The number of hydrogen-bond acceptors (Lipinski definition) is 3. The second-order valence-corrected chi connectivity index (χ2v) is 8.34. The van der Waals surface area contributed by atoms with Crippen molar-refractivity contribution in [1.82, 2.24) is 14.8 Å². The quantitative estimate of drug-likeness (QED) is 0.892. The molecule has 2 saturated heterocycles. The van der Waals surface area contributed by atoms with Crippen molar-refractivity contribution in [3.8, 4) is 0 Å². The van der Waals surface area contributed by atoms with Gasteiger partial charge in [0.05, 0.1) is 0 Å². The fraction of sp³-hybridized carbons (Fsp3) is 0.478. The minimum absolute atomic E-state index is 0.139. The maximum absolute atomic E-state index is 12.8. The Morgan fingerprint density at radius 3 is 2.57 bits per heavy atom. The molecule has 0 unspecified atom stereocenters. The Morgan fingerprint density at radius 2 is 1.89 bits per heavy atom. The number of benzene rings is 1. The molecule has 2 fully saturated rings. The summed E-state index contributed by atoms with van der Waals surface area (Å²) in [5.74, 6) is 0.411. The van der Waals surface area contributed by atoms with Gasteiger partial charge in [-0.2, -0.15) is 0 Å². The maximum Gasteiger partial charge on any atom is 0.260 e. The van der Waals surface area contributed by atoms with Crippen molar-refractivity contribution in [2.45, 2.75) is 32.1 Å². The minimum atomic E-state index is -0.299. The number of nitrogens with one attached hydrogen (secondary N) is 1. The van der Waals surface area contributed by atoms with Crippen LogP contribution in [0.25, 0.3) is 0 Å². The van der Waals surface area contributed by atoms with Crippen LogP contribution >= 0.6 is 0 Å². The van der Waals surface area contributed by atoms with Crippen LogP contribution in [0.2, 0.25) is 0 Å². The van der Waals surface area contributed by atoms with Gasteiger partial charge in [0, 0.05) is 32.4 Å². The molecule has 0 saturated carbocycles. The highest BCUT2D eigenvalue weighted by Crippen LogP contribution is 2.45. The van der Waals surface area contributed by atoms with E-state index in [1.165, 1.54) is 12.0 Å². The van der Waals surface area contributed by atoms with Crippen molar-refractivity contribution in [1.29, 1.82) is 0 Å². The summed E-state index contributed by atoms with van der Waals surface area (Å²) in [5, 5.41) is 0. The molecule has 0 radical (unpaired) electrons. The number of carbonyl (C=O) groups is 1. The molecular formula is C23H29N3O2. The van der Waals surface area contributed by atoms with E-state index in [-0.39, 0.29) is 22.4 Å². The van der Waals surface area contributed by atoms with Crippen molar-refractivity contribution in [2.24, 2.45) is 5.41 Å². The van der Waals surface area contributed by atoms with Crippen molar-refractivity contribution in [3.63, 3.8) is 0 Å². The number of nitrogens with zero attached hydrogens (tertiary/aromatic N) is 2. The van der Waals surface area contributed by atoms with Gasteiger partial charge in [-0.3, -0.25) is 9.59 Å². The van der Waals surface area contributed by atoms with E-state index in [2.05, 4.69) is 47.1 Å². The third-order valence-electron chi connectivity index (χ3n) is 6.60. The summed E-state index contributed by atoms with van der Waals surface area (Å²) in [7, 11) is 0. The SMILES string of the molecule is CCN1C[C@@H](c2ccccc2)CC2(CCN(C(=O)c3ccc[nH]c3=O)CC2)C1. The van der Waals surface area contributed by atoms with Gasteiger partial charge in [-0.15, -0.1) is 0 Å². The van der Waals surface area contributed by atoms with Gasteiger partial charge in [0.25, 0.3) is 11.5 Å². The molecule has 0 aliphatic carbocycles. The highest BCUT2D eigenvalue weighted by Gasteiger charge is 2.42. The first-order valence-electron chi connectivity index (χ1n) is 10.3. The number of likely N-dealkylation sites (tertiary alicyclic amines) is 2. The Labute approximate surface area is 166 Å². The predicted octanol–water partition coefficient (Wildman–Crippen LogP) is 3.11. The Morgan fingerprint density at radius 1 is 1.14 bits per heavy atom. The highest BCUT2D eigenvalue weighted by molar-refractivity contribution is 5.93. The first-order chi connectivity index (χ1) is 13.6. The molecule has 1 aromatic heterocycles. The summed E-state index contributed by atoms with van der Waals surface area (Å²) < 4.78 is 0. The smallest absolute Gasteiger partial charge is 0.260 e. The number of piperidine rings is 2. The first-order valence-corrected chi connectivity index (χ1v) is 10.3. The summed E-state index contributed by atoms with van der Waals surface area (Å²) in [6.07, 6.45) is 4.75.